The topological polar surface area (TPSA) is 0 Å². The summed E-state index contributed by atoms with van der Waals surface area (Å²) in [7, 11) is 0. The SMILES string of the molecule is CCCCCC#Cc1ccc(C#Cc2ccc(CC)cc2)cc1. The van der Waals surface area contributed by atoms with Crippen molar-refractivity contribution in [3.05, 3.63) is 70.8 Å². The Hall–Kier alpha value is -2.44. The first-order valence-corrected chi connectivity index (χ1v) is 8.51. The average molecular weight is 300 g/mol. The fourth-order valence-corrected chi connectivity index (χ4v) is 2.23. The molecule has 0 N–H and O–H groups in total. The van der Waals surface area contributed by atoms with E-state index in [0.717, 1.165) is 29.5 Å². The zero-order valence-electron chi connectivity index (χ0n) is 14.2. The molecule has 2 rings (SSSR count). The van der Waals surface area contributed by atoms with Crippen LogP contribution in [-0.2, 0) is 6.42 Å². The molecule has 23 heavy (non-hydrogen) atoms. The predicted molar refractivity (Wildman–Crippen MR) is 99.3 cm³/mol. The van der Waals surface area contributed by atoms with Crippen molar-refractivity contribution in [1.82, 2.24) is 0 Å². The number of unbranched alkanes of at least 4 members (excludes halogenated alkanes) is 3. The van der Waals surface area contributed by atoms with E-state index in [1.165, 1.54) is 24.8 Å². The van der Waals surface area contributed by atoms with Crippen molar-refractivity contribution in [3.63, 3.8) is 0 Å². The Morgan fingerprint density at radius 1 is 0.652 bits per heavy atom. The van der Waals surface area contributed by atoms with Gasteiger partial charge in [-0.05, 0) is 54.8 Å². The molecule has 0 amide bonds. The Balaban J connectivity index is 1.95. The van der Waals surface area contributed by atoms with Gasteiger partial charge in [0.1, 0.15) is 0 Å². The summed E-state index contributed by atoms with van der Waals surface area (Å²) in [6.45, 7) is 4.38. The van der Waals surface area contributed by atoms with Gasteiger partial charge in [-0.3, -0.25) is 0 Å². The van der Waals surface area contributed by atoms with E-state index >= 15 is 0 Å². The van der Waals surface area contributed by atoms with Crippen LogP contribution in [0.3, 0.4) is 0 Å². The Morgan fingerprint density at radius 2 is 1.17 bits per heavy atom. The molecular weight excluding hydrogens is 276 g/mol. The van der Waals surface area contributed by atoms with Gasteiger partial charge < -0.3 is 0 Å². The molecule has 0 atom stereocenters. The molecule has 0 aliphatic carbocycles. The lowest BCUT2D eigenvalue weighted by Gasteiger charge is -1.95. The summed E-state index contributed by atoms with van der Waals surface area (Å²) in [5.74, 6) is 12.9. The van der Waals surface area contributed by atoms with Crippen LogP contribution in [0.5, 0.6) is 0 Å². The van der Waals surface area contributed by atoms with Crippen LogP contribution in [0, 0.1) is 23.7 Å². The highest BCUT2D eigenvalue weighted by molar-refractivity contribution is 5.46. The highest BCUT2D eigenvalue weighted by Crippen LogP contribution is 2.06. The second-order valence-electron chi connectivity index (χ2n) is 5.64. The summed E-state index contributed by atoms with van der Waals surface area (Å²) in [5.41, 5.74) is 4.50. The van der Waals surface area contributed by atoms with Crippen molar-refractivity contribution >= 4 is 0 Å². The summed E-state index contributed by atoms with van der Waals surface area (Å²) < 4.78 is 0. The minimum absolute atomic E-state index is 0.989. The van der Waals surface area contributed by atoms with Crippen molar-refractivity contribution in [3.8, 4) is 23.7 Å². The Labute approximate surface area is 141 Å². The molecule has 116 valence electrons. The van der Waals surface area contributed by atoms with Crippen molar-refractivity contribution in [1.29, 1.82) is 0 Å². The van der Waals surface area contributed by atoms with E-state index < -0.39 is 0 Å². The molecule has 0 radical (unpaired) electrons. The molecule has 0 aromatic heterocycles. The lowest BCUT2D eigenvalue weighted by Crippen LogP contribution is -1.81. The van der Waals surface area contributed by atoms with E-state index in [1.807, 2.05) is 12.1 Å². The van der Waals surface area contributed by atoms with Gasteiger partial charge in [0.25, 0.3) is 0 Å². The van der Waals surface area contributed by atoms with Gasteiger partial charge in [-0.2, -0.15) is 0 Å². The van der Waals surface area contributed by atoms with E-state index in [0.29, 0.717) is 0 Å². The van der Waals surface area contributed by atoms with Gasteiger partial charge >= 0.3 is 0 Å². The average Bonchev–Trinajstić information content (AvgIpc) is 2.61. The minimum atomic E-state index is 0.989. The van der Waals surface area contributed by atoms with Gasteiger partial charge in [0.05, 0.1) is 0 Å². The molecule has 0 unspecified atom stereocenters. The van der Waals surface area contributed by atoms with Crippen molar-refractivity contribution in [2.24, 2.45) is 0 Å². The third kappa shape index (κ3) is 6.06. The molecule has 0 fully saturated rings. The lowest BCUT2D eigenvalue weighted by atomic mass is 10.1. The quantitative estimate of drug-likeness (QED) is 0.510. The van der Waals surface area contributed by atoms with E-state index in [-0.39, 0.29) is 0 Å². The Morgan fingerprint density at radius 3 is 1.70 bits per heavy atom. The van der Waals surface area contributed by atoms with Gasteiger partial charge in [0, 0.05) is 23.1 Å². The Kier molecular flexibility index (Phi) is 7.03. The monoisotopic (exact) mass is 300 g/mol. The summed E-state index contributed by atoms with van der Waals surface area (Å²) in [4.78, 5) is 0. The molecule has 0 saturated carbocycles. The van der Waals surface area contributed by atoms with Gasteiger partial charge in [-0.25, -0.2) is 0 Å². The van der Waals surface area contributed by atoms with Crippen LogP contribution in [0.2, 0.25) is 0 Å². The van der Waals surface area contributed by atoms with Crippen LogP contribution in [0.25, 0.3) is 0 Å². The number of rotatable bonds is 4. The summed E-state index contributed by atoms with van der Waals surface area (Å²) in [5, 5.41) is 0. The molecule has 0 aliphatic heterocycles. The van der Waals surface area contributed by atoms with E-state index in [2.05, 4.69) is 73.9 Å². The third-order valence-corrected chi connectivity index (χ3v) is 3.74. The van der Waals surface area contributed by atoms with Crippen LogP contribution in [0.4, 0.5) is 0 Å². The highest BCUT2D eigenvalue weighted by atomic mass is 13.9. The summed E-state index contributed by atoms with van der Waals surface area (Å²) in [6, 6.07) is 16.6. The summed E-state index contributed by atoms with van der Waals surface area (Å²) in [6.07, 6.45) is 5.76. The molecule has 0 bridgehead atoms. The summed E-state index contributed by atoms with van der Waals surface area (Å²) >= 11 is 0. The second kappa shape index (κ2) is 9.55. The molecule has 0 heteroatoms. The van der Waals surface area contributed by atoms with Crippen LogP contribution in [0.15, 0.2) is 48.5 Å². The number of hydrogen-bond donors (Lipinski definition) is 0. The second-order valence-corrected chi connectivity index (χ2v) is 5.64. The van der Waals surface area contributed by atoms with Crippen molar-refractivity contribution in [2.45, 2.75) is 46.0 Å². The van der Waals surface area contributed by atoms with Crippen LogP contribution >= 0.6 is 0 Å². The fourth-order valence-electron chi connectivity index (χ4n) is 2.23. The number of hydrogen-bond acceptors (Lipinski definition) is 0. The lowest BCUT2D eigenvalue weighted by molar-refractivity contribution is 0.737. The van der Waals surface area contributed by atoms with Crippen LogP contribution in [0.1, 0.15) is 61.8 Å². The maximum atomic E-state index is 3.24. The fraction of sp³-hybridized carbons (Fsp3) is 0.304. The molecular formula is C23H24. The number of benzene rings is 2. The molecule has 2 aromatic rings. The molecule has 0 spiro atoms. The molecule has 0 aliphatic rings. The van der Waals surface area contributed by atoms with E-state index in [4.69, 9.17) is 0 Å². The largest absolute Gasteiger partial charge is 0.0979 e. The smallest absolute Gasteiger partial charge is 0.0249 e. The van der Waals surface area contributed by atoms with Crippen molar-refractivity contribution < 1.29 is 0 Å². The molecule has 0 heterocycles. The van der Waals surface area contributed by atoms with Gasteiger partial charge in [-0.1, -0.05) is 62.5 Å². The van der Waals surface area contributed by atoms with Gasteiger partial charge in [0.15, 0.2) is 0 Å². The Bertz CT molecular complexity index is 710. The van der Waals surface area contributed by atoms with Crippen LogP contribution in [-0.4, -0.2) is 0 Å². The maximum Gasteiger partial charge on any atom is 0.0249 e. The van der Waals surface area contributed by atoms with E-state index in [1.54, 1.807) is 0 Å². The van der Waals surface area contributed by atoms with Crippen LogP contribution < -0.4 is 0 Å². The third-order valence-electron chi connectivity index (χ3n) is 3.74. The first-order chi connectivity index (χ1) is 11.3. The predicted octanol–water partition coefficient (Wildman–Crippen LogP) is 5.58. The molecule has 2 aromatic carbocycles. The highest BCUT2D eigenvalue weighted by Gasteiger charge is 1.91. The minimum Gasteiger partial charge on any atom is -0.0979 e. The van der Waals surface area contributed by atoms with Gasteiger partial charge in [-0.15, -0.1) is 0 Å². The number of aryl methyl sites for hydroxylation is 1. The molecule has 0 nitrogen and oxygen atoms in total. The first kappa shape index (κ1) is 16.9. The normalized spacial score (nSPS) is 9.48. The van der Waals surface area contributed by atoms with E-state index in [9.17, 15) is 0 Å². The van der Waals surface area contributed by atoms with Crippen molar-refractivity contribution in [2.75, 3.05) is 0 Å². The zero-order valence-corrected chi connectivity index (χ0v) is 14.2. The zero-order chi connectivity index (χ0) is 16.3. The molecule has 0 saturated heterocycles. The first-order valence-electron chi connectivity index (χ1n) is 8.51. The standard InChI is InChI=1S/C23H24/c1-3-5-6-7-8-9-21-14-16-23(17-15-21)19-18-22-12-10-20(4-2)11-13-22/h10-17H,3-7H2,1-2H3. The van der Waals surface area contributed by atoms with Gasteiger partial charge in [0.2, 0.25) is 0 Å². The maximum absolute atomic E-state index is 3.24.